The van der Waals surface area contributed by atoms with Gasteiger partial charge < -0.3 is 10.6 Å². The summed E-state index contributed by atoms with van der Waals surface area (Å²) in [7, 11) is 0. The van der Waals surface area contributed by atoms with Gasteiger partial charge in [-0.25, -0.2) is 0 Å². The molecule has 0 saturated carbocycles. The molecule has 1 unspecified atom stereocenters. The number of carbonyl (C=O) groups is 1. The molecular formula is C15H24N2OS. The highest BCUT2D eigenvalue weighted by Gasteiger charge is 2.25. The zero-order chi connectivity index (χ0) is 13.5. The molecule has 0 aromatic carbocycles. The maximum atomic E-state index is 12.3. The first-order chi connectivity index (χ1) is 9.31. The normalized spacial score (nSPS) is 19.6. The Balaban J connectivity index is 1.77. The second-order valence-electron chi connectivity index (χ2n) is 5.25. The van der Waals surface area contributed by atoms with Crippen molar-refractivity contribution in [3.8, 4) is 0 Å². The Morgan fingerprint density at radius 1 is 1.47 bits per heavy atom. The van der Waals surface area contributed by atoms with Gasteiger partial charge in [0.2, 0.25) is 5.91 Å². The Kier molecular flexibility index (Phi) is 5.86. The number of piperidine rings is 1. The van der Waals surface area contributed by atoms with E-state index >= 15 is 0 Å². The maximum absolute atomic E-state index is 12.3. The van der Waals surface area contributed by atoms with Gasteiger partial charge in [0.15, 0.2) is 0 Å². The van der Waals surface area contributed by atoms with E-state index in [0.717, 1.165) is 38.6 Å². The number of rotatable bonds is 6. The van der Waals surface area contributed by atoms with Crippen LogP contribution in [0.1, 0.15) is 43.4 Å². The summed E-state index contributed by atoms with van der Waals surface area (Å²) in [5, 5.41) is 2.10. The van der Waals surface area contributed by atoms with Crippen molar-refractivity contribution in [2.24, 2.45) is 5.73 Å². The van der Waals surface area contributed by atoms with E-state index in [2.05, 4.69) is 22.4 Å². The summed E-state index contributed by atoms with van der Waals surface area (Å²) >= 11 is 1.78. The van der Waals surface area contributed by atoms with Crippen LogP contribution in [-0.4, -0.2) is 29.9 Å². The molecule has 2 N–H and O–H groups in total. The molecule has 0 aliphatic carbocycles. The predicted octanol–water partition coefficient (Wildman–Crippen LogP) is 2.80. The van der Waals surface area contributed by atoms with Crippen molar-refractivity contribution in [2.45, 2.75) is 51.0 Å². The number of hydrogen-bond acceptors (Lipinski definition) is 3. The Labute approximate surface area is 119 Å². The number of hydrogen-bond donors (Lipinski definition) is 1. The molecular weight excluding hydrogens is 256 g/mol. The third-order valence-corrected chi connectivity index (χ3v) is 4.78. The minimum absolute atomic E-state index is 0.328. The molecule has 0 radical (unpaired) electrons. The SMILES string of the molecule is NCCC1CCCCN1C(=O)CCCc1cccs1. The van der Waals surface area contributed by atoms with Gasteiger partial charge in [-0.05, 0) is 56.5 Å². The minimum Gasteiger partial charge on any atom is -0.340 e. The van der Waals surface area contributed by atoms with Crippen LogP contribution in [-0.2, 0) is 11.2 Å². The van der Waals surface area contributed by atoms with E-state index in [4.69, 9.17) is 5.73 Å². The van der Waals surface area contributed by atoms with Crippen molar-refractivity contribution in [2.75, 3.05) is 13.1 Å². The molecule has 4 heteroatoms. The van der Waals surface area contributed by atoms with Crippen LogP contribution in [0, 0.1) is 0 Å². The monoisotopic (exact) mass is 280 g/mol. The van der Waals surface area contributed by atoms with Crippen LogP contribution in [0.2, 0.25) is 0 Å². The van der Waals surface area contributed by atoms with Crippen LogP contribution < -0.4 is 5.73 Å². The lowest BCUT2D eigenvalue weighted by Crippen LogP contribution is -2.44. The summed E-state index contributed by atoms with van der Waals surface area (Å²) in [5.41, 5.74) is 5.65. The molecule has 1 fully saturated rings. The van der Waals surface area contributed by atoms with Gasteiger partial charge in [0.1, 0.15) is 0 Å². The van der Waals surface area contributed by atoms with Crippen LogP contribution in [0.15, 0.2) is 17.5 Å². The van der Waals surface area contributed by atoms with Crippen LogP contribution in [0.5, 0.6) is 0 Å². The quantitative estimate of drug-likeness (QED) is 0.871. The van der Waals surface area contributed by atoms with Crippen molar-refractivity contribution in [1.29, 1.82) is 0 Å². The van der Waals surface area contributed by atoms with Gasteiger partial charge in [0.05, 0.1) is 0 Å². The summed E-state index contributed by atoms with van der Waals surface area (Å²) in [6, 6.07) is 4.62. The summed E-state index contributed by atoms with van der Waals surface area (Å²) in [5.74, 6) is 0.328. The van der Waals surface area contributed by atoms with E-state index in [0.29, 0.717) is 24.9 Å². The molecule has 19 heavy (non-hydrogen) atoms. The number of nitrogens with zero attached hydrogens (tertiary/aromatic N) is 1. The second kappa shape index (κ2) is 7.65. The van der Waals surface area contributed by atoms with Crippen LogP contribution in [0.3, 0.4) is 0 Å². The van der Waals surface area contributed by atoms with Crippen molar-refractivity contribution in [3.63, 3.8) is 0 Å². The number of carbonyl (C=O) groups excluding carboxylic acids is 1. The topological polar surface area (TPSA) is 46.3 Å². The fourth-order valence-electron chi connectivity index (χ4n) is 2.83. The van der Waals surface area contributed by atoms with Crippen LogP contribution >= 0.6 is 11.3 Å². The van der Waals surface area contributed by atoms with Crippen molar-refractivity contribution in [1.82, 2.24) is 4.90 Å². The Morgan fingerprint density at radius 3 is 3.11 bits per heavy atom. The Bertz CT molecular complexity index is 376. The average Bonchev–Trinajstić information content (AvgIpc) is 2.93. The summed E-state index contributed by atoms with van der Waals surface area (Å²) < 4.78 is 0. The van der Waals surface area contributed by atoms with Crippen molar-refractivity contribution >= 4 is 17.2 Å². The van der Waals surface area contributed by atoms with Gasteiger partial charge in [-0.1, -0.05) is 6.07 Å². The molecule has 1 aliphatic heterocycles. The largest absolute Gasteiger partial charge is 0.340 e. The lowest BCUT2D eigenvalue weighted by atomic mass is 9.98. The molecule has 1 atom stereocenters. The third-order valence-electron chi connectivity index (χ3n) is 3.84. The molecule has 3 nitrogen and oxygen atoms in total. The Morgan fingerprint density at radius 2 is 2.37 bits per heavy atom. The molecule has 1 aliphatic rings. The highest BCUT2D eigenvalue weighted by molar-refractivity contribution is 7.09. The number of thiophene rings is 1. The summed E-state index contributed by atoms with van der Waals surface area (Å²) in [4.78, 5) is 15.8. The first kappa shape index (κ1) is 14.5. The second-order valence-corrected chi connectivity index (χ2v) is 6.28. The lowest BCUT2D eigenvalue weighted by molar-refractivity contribution is -0.135. The van der Waals surface area contributed by atoms with E-state index in [1.165, 1.54) is 11.3 Å². The lowest BCUT2D eigenvalue weighted by Gasteiger charge is -2.35. The maximum Gasteiger partial charge on any atom is 0.222 e. The van der Waals surface area contributed by atoms with Gasteiger partial charge >= 0.3 is 0 Å². The van der Waals surface area contributed by atoms with E-state index in [1.807, 2.05) is 0 Å². The van der Waals surface area contributed by atoms with E-state index in [9.17, 15) is 4.79 Å². The van der Waals surface area contributed by atoms with Gasteiger partial charge in [-0.3, -0.25) is 4.79 Å². The van der Waals surface area contributed by atoms with Gasteiger partial charge in [-0.15, -0.1) is 11.3 Å². The van der Waals surface area contributed by atoms with E-state index in [1.54, 1.807) is 11.3 Å². The zero-order valence-corrected chi connectivity index (χ0v) is 12.3. The molecule has 0 spiro atoms. The third kappa shape index (κ3) is 4.32. The van der Waals surface area contributed by atoms with Crippen molar-refractivity contribution < 1.29 is 4.79 Å². The molecule has 0 bridgehead atoms. The number of likely N-dealkylation sites (tertiary alicyclic amines) is 1. The highest BCUT2D eigenvalue weighted by Crippen LogP contribution is 2.21. The first-order valence-electron chi connectivity index (χ1n) is 7.33. The molecule has 1 amide bonds. The predicted molar refractivity (Wildman–Crippen MR) is 80.3 cm³/mol. The van der Waals surface area contributed by atoms with E-state index < -0.39 is 0 Å². The standard InChI is InChI=1S/C15H24N2OS/c16-10-9-13-5-1-2-11-17(13)15(18)8-3-6-14-7-4-12-19-14/h4,7,12-13H,1-3,5-6,8-11,16H2. The highest BCUT2D eigenvalue weighted by atomic mass is 32.1. The fraction of sp³-hybridized carbons (Fsp3) is 0.667. The molecule has 1 aromatic heterocycles. The van der Waals surface area contributed by atoms with Gasteiger partial charge in [0, 0.05) is 23.9 Å². The average molecular weight is 280 g/mol. The summed E-state index contributed by atoms with van der Waals surface area (Å²) in [6.07, 6.45) is 7.15. The van der Waals surface area contributed by atoms with E-state index in [-0.39, 0.29) is 0 Å². The number of nitrogens with two attached hydrogens (primary N) is 1. The number of amides is 1. The van der Waals surface area contributed by atoms with Gasteiger partial charge in [0.25, 0.3) is 0 Å². The molecule has 2 heterocycles. The molecule has 1 saturated heterocycles. The van der Waals surface area contributed by atoms with Crippen molar-refractivity contribution in [3.05, 3.63) is 22.4 Å². The molecule has 2 rings (SSSR count). The molecule has 106 valence electrons. The first-order valence-corrected chi connectivity index (χ1v) is 8.21. The Hall–Kier alpha value is -0.870. The van der Waals surface area contributed by atoms with Crippen LogP contribution in [0.4, 0.5) is 0 Å². The van der Waals surface area contributed by atoms with Gasteiger partial charge in [-0.2, -0.15) is 0 Å². The summed E-state index contributed by atoms with van der Waals surface area (Å²) in [6.45, 7) is 1.62. The number of aryl methyl sites for hydroxylation is 1. The smallest absolute Gasteiger partial charge is 0.222 e. The molecule has 1 aromatic rings. The zero-order valence-electron chi connectivity index (χ0n) is 11.5. The fourth-order valence-corrected chi connectivity index (χ4v) is 3.58. The van der Waals surface area contributed by atoms with Crippen LogP contribution in [0.25, 0.3) is 0 Å². The minimum atomic E-state index is 0.328.